The van der Waals surface area contributed by atoms with Gasteiger partial charge in [0.05, 0.1) is 0 Å². The Bertz CT molecular complexity index is 1280. The van der Waals surface area contributed by atoms with Crippen LogP contribution in [0.3, 0.4) is 0 Å². The molecule has 1 heterocycles. The Morgan fingerprint density at radius 1 is 0.707 bits per heavy atom. The Balaban J connectivity index is 1.47. The van der Waals surface area contributed by atoms with Gasteiger partial charge in [0.2, 0.25) is 5.91 Å². The van der Waals surface area contributed by atoms with E-state index < -0.39 is 23.9 Å². The maximum atomic E-state index is 14.0. The molecule has 2 nitrogen and oxygen atoms in total. The largest absolute Gasteiger partial charge is 0.339 e. The van der Waals surface area contributed by atoms with E-state index in [2.05, 4.69) is 146 Å². The van der Waals surface area contributed by atoms with Gasteiger partial charge in [0.1, 0.15) is 0 Å². The van der Waals surface area contributed by atoms with Crippen LogP contribution in [0.4, 0.5) is 0 Å². The second kappa shape index (κ2) is 14.1. The molecule has 4 aromatic carbocycles. The molecule has 5 rings (SSSR count). The molecule has 0 bridgehead atoms. The average molecular weight is 596 g/mol. The predicted octanol–water partition coefficient (Wildman–Crippen LogP) is 7.34. The van der Waals surface area contributed by atoms with Crippen molar-refractivity contribution >= 4 is 51.0 Å². The lowest BCUT2D eigenvalue weighted by Gasteiger charge is -2.29. The number of amides is 1. The number of carbonyl (C=O) groups is 1. The minimum Gasteiger partial charge on any atom is -0.339 e. The van der Waals surface area contributed by atoms with Gasteiger partial charge in [-0.15, -0.1) is 0 Å². The van der Waals surface area contributed by atoms with Crippen molar-refractivity contribution in [2.75, 3.05) is 12.7 Å². The van der Waals surface area contributed by atoms with Crippen molar-refractivity contribution in [3.05, 3.63) is 121 Å². The van der Waals surface area contributed by atoms with Crippen LogP contribution in [0.5, 0.6) is 0 Å². The van der Waals surface area contributed by atoms with Crippen molar-refractivity contribution in [2.45, 2.75) is 56.6 Å². The minimum atomic E-state index is -1.18. The second-order valence-electron chi connectivity index (χ2n) is 12.3. The van der Waals surface area contributed by atoms with E-state index in [1.54, 1.807) is 0 Å². The lowest BCUT2D eigenvalue weighted by molar-refractivity contribution is -0.131. The summed E-state index contributed by atoms with van der Waals surface area (Å²) in [7, 11) is -2.33. The molecule has 1 saturated heterocycles. The van der Waals surface area contributed by atoms with Gasteiger partial charge in [-0.3, -0.25) is 4.79 Å². The Kier molecular flexibility index (Phi) is 10.3. The Morgan fingerprint density at radius 2 is 1.15 bits per heavy atom. The van der Waals surface area contributed by atoms with E-state index in [4.69, 9.17) is 0 Å². The van der Waals surface area contributed by atoms with Crippen LogP contribution in [-0.4, -0.2) is 43.3 Å². The average Bonchev–Trinajstić information content (AvgIpc) is 3.41. The van der Waals surface area contributed by atoms with E-state index in [1.807, 2.05) is 0 Å². The fourth-order valence-electron chi connectivity index (χ4n) is 6.01. The molecule has 212 valence electrons. The minimum absolute atomic E-state index is 0.253. The topological polar surface area (TPSA) is 20.3 Å². The van der Waals surface area contributed by atoms with Gasteiger partial charge in [0.25, 0.3) is 0 Å². The van der Waals surface area contributed by atoms with E-state index in [0.717, 1.165) is 25.5 Å². The summed E-state index contributed by atoms with van der Waals surface area (Å²) in [4.78, 5) is 16.3. The number of likely N-dealkylation sites (tertiary alicyclic amines) is 1. The first-order valence-electron chi connectivity index (χ1n) is 15.0. The Labute approximate surface area is 250 Å². The fraction of sp³-hybridized carbons (Fsp3) is 0.306. The smallest absolute Gasteiger partial charge is 0.222 e. The molecule has 0 radical (unpaired) electrons. The third-order valence-corrected chi connectivity index (χ3v) is 15.3. The van der Waals surface area contributed by atoms with Gasteiger partial charge in [-0.05, 0) is 56.1 Å². The summed E-state index contributed by atoms with van der Waals surface area (Å²) in [5.41, 5.74) is 0.448. The molecular weight excluding hydrogens is 552 g/mol. The summed E-state index contributed by atoms with van der Waals surface area (Å²) >= 11 is 0. The summed E-state index contributed by atoms with van der Waals surface area (Å²) < 4.78 is 0. The zero-order valence-electron chi connectivity index (χ0n) is 24.7. The number of hydrogen-bond donors (Lipinski definition) is 0. The van der Waals surface area contributed by atoms with Crippen molar-refractivity contribution in [2.24, 2.45) is 0 Å². The molecule has 5 heteroatoms. The van der Waals surface area contributed by atoms with Crippen LogP contribution >= 0.6 is 15.8 Å². The third-order valence-electron chi connectivity index (χ3n) is 7.99. The molecule has 0 saturated carbocycles. The highest BCUT2D eigenvalue weighted by Gasteiger charge is 2.40. The first-order chi connectivity index (χ1) is 19.9. The lowest BCUT2D eigenvalue weighted by atomic mass is 10.2. The van der Waals surface area contributed by atoms with Gasteiger partial charge < -0.3 is 4.90 Å². The van der Waals surface area contributed by atoms with Crippen molar-refractivity contribution in [1.29, 1.82) is 0 Å². The summed E-state index contributed by atoms with van der Waals surface area (Å²) in [5, 5.41) is 5.63. The summed E-state index contributed by atoms with van der Waals surface area (Å²) in [6, 6.07) is 45.6. The zero-order valence-corrected chi connectivity index (χ0v) is 27.5. The maximum Gasteiger partial charge on any atom is 0.222 e. The number of hydrogen-bond acceptors (Lipinski definition) is 1. The van der Waals surface area contributed by atoms with Gasteiger partial charge in [-0.25, -0.2) is 0 Å². The maximum absolute atomic E-state index is 14.0. The molecule has 0 unspecified atom stereocenters. The molecule has 0 aliphatic carbocycles. The van der Waals surface area contributed by atoms with E-state index >= 15 is 0 Å². The van der Waals surface area contributed by atoms with E-state index in [9.17, 15) is 4.79 Å². The van der Waals surface area contributed by atoms with Crippen LogP contribution in [-0.2, 0) is 4.79 Å². The standard InChI is InChI=1S/C36H43NOP2Si/c1-41(2,3)26-16-25-36(38)37-28-35(40(33-21-12-6-13-22-33)34-23-14-7-15-24-34)27-30(37)29-39(31-17-8-4-9-18-31)32-19-10-5-11-20-32/h4-15,17-24,30,35H,16,25-29H2,1-3H3/t30-,35-/m0/s1. The molecule has 1 amide bonds. The van der Waals surface area contributed by atoms with Crippen molar-refractivity contribution < 1.29 is 4.79 Å². The molecule has 1 fully saturated rings. The van der Waals surface area contributed by atoms with Crippen LogP contribution in [0.25, 0.3) is 0 Å². The van der Waals surface area contributed by atoms with Crippen molar-refractivity contribution in [3.63, 3.8) is 0 Å². The summed E-state index contributed by atoms with van der Waals surface area (Å²) in [6.45, 7) is 8.09. The van der Waals surface area contributed by atoms with Crippen LogP contribution in [0.2, 0.25) is 25.7 Å². The quantitative estimate of drug-likeness (QED) is 0.131. The summed E-state index contributed by atoms with van der Waals surface area (Å²) in [5.74, 6) is 0.364. The molecule has 0 aromatic heterocycles. The molecule has 41 heavy (non-hydrogen) atoms. The summed E-state index contributed by atoms with van der Waals surface area (Å²) in [6.07, 6.45) is 3.78. The molecule has 1 aliphatic heterocycles. The first kappa shape index (κ1) is 29.9. The molecule has 0 spiro atoms. The van der Waals surface area contributed by atoms with Gasteiger partial charge in [0.15, 0.2) is 0 Å². The number of rotatable bonds is 11. The Hall–Kier alpha value is -2.57. The normalized spacial score (nSPS) is 17.3. The van der Waals surface area contributed by atoms with E-state index in [-0.39, 0.29) is 6.04 Å². The van der Waals surface area contributed by atoms with Gasteiger partial charge >= 0.3 is 0 Å². The number of benzene rings is 4. The predicted molar refractivity (Wildman–Crippen MR) is 184 cm³/mol. The second-order valence-corrected chi connectivity index (χ2v) is 22.7. The van der Waals surface area contributed by atoms with Crippen LogP contribution in [0.1, 0.15) is 19.3 Å². The lowest BCUT2D eigenvalue weighted by Crippen LogP contribution is -2.39. The van der Waals surface area contributed by atoms with Crippen LogP contribution < -0.4 is 21.2 Å². The van der Waals surface area contributed by atoms with Crippen molar-refractivity contribution in [3.8, 4) is 0 Å². The van der Waals surface area contributed by atoms with Crippen LogP contribution in [0, 0.1) is 0 Å². The highest BCUT2D eigenvalue weighted by atomic mass is 31.1. The number of carbonyl (C=O) groups excluding carboxylic acids is 1. The van der Waals surface area contributed by atoms with Gasteiger partial charge in [-0.2, -0.15) is 0 Å². The Morgan fingerprint density at radius 3 is 1.59 bits per heavy atom. The highest BCUT2D eigenvalue weighted by Crippen LogP contribution is 2.48. The third kappa shape index (κ3) is 8.04. The van der Waals surface area contributed by atoms with Gasteiger partial charge in [-0.1, -0.05) is 147 Å². The number of nitrogens with zero attached hydrogens (tertiary/aromatic N) is 1. The molecular formula is C36H43NOP2Si. The molecule has 1 aliphatic rings. The first-order valence-corrected chi connectivity index (χ1v) is 21.6. The molecule has 0 N–H and O–H groups in total. The van der Waals surface area contributed by atoms with Crippen molar-refractivity contribution in [1.82, 2.24) is 4.90 Å². The van der Waals surface area contributed by atoms with E-state index in [0.29, 0.717) is 18.0 Å². The van der Waals surface area contributed by atoms with Crippen LogP contribution in [0.15, 0.2) is 121 Å². The van der Waals surface area contributed by atoms with E-state index in [1.165, 1.54) is 27.3 Å². The molecule has 4 aromatic rings. The van der Waals surface area contributed by atoms with Gasteiger partial charge in [0, 0.05) is 32.7 Å². The highest BCUT2D eigenvalue weighted by molar-refractivity contribution is 7.74. The zero-order chi connectivity index (χ0) is 28.7. The SMILES string of the molecule is C[Si](C)(C)CCCC(=O)N1C[C@@H](P(c2ccccc2)c2ccccc2)C[C@H]1CP(c1ccccc1)c1ccccc1. The fourth-order valence-corrected chi connectivity index (χ4v) is 12.7. The molecule has 2 atom stereocenters. The monoisotopic (exact) mass is 595 g/mol.